The molecule has 5 nitrogen and oxygen atoms in total. The molecular weight excluding hydrogens is 204 g/mol. The van der Waals surface area contributed by atoms with Crippen LogP contribution in [0.15, 0.2) is 15.6 Å². The summed E-state index contributed by atoms with van der Waals surface area (Å²) < 4.78 is 30.3. The van der Waals surface area contributed by atoms with Crippen LogP contribution in [-0.2, 0) is 14.8 Å². The van der Waals surface area contributed by atoms with E-state index in [1.807, 2.05) is 0 Å². The van der Waals surface area contributed by atoms with Crippen molar-refractivity contribution in [1.82, 2.24) is 5.32 Å². The van der Waals surface area contributed by atoms with Crippen molar-refractivity contribution in [3.05, 3.63) is 11.2 Å². The maximum atomic E-state index is 10.9. The quantitative estimate of drug-likeness (QED) is 0.721. The molecule has 0 radical (unpaired) electrons. The second-order valence-corrected chi connectivity index (χ2v) is 4.85. The summed E-state index contributed by atoms with van der Waals surface area (Å²) in [6.07, 6.45) is 3.47. The van der Waals surface area contributed by atoms with Crippen LogP contribution in [0.3, 0.4) is 0 Å². The lowest BCUT2D eigenvalue weighted by Crippen LogP contribution is -2.26. The van der Waals surface area contributed by atoms with Gasteiger partial charge in [0.1, 0.15) is 6.61 Å². The largest absolute Gasteiger partial charge is 0.490 e. The Bertz CT molecular complexity index is 366. The molecule has 0 aromatic rings. The van der Waals surface area contributed by atoms with E-state index < -0.39 is 10.0 Å². The first-order valence-corrected chi connectivity index (χ1v) is 6.04. The third kappa shape index (κ3) is 2.33. The van der Waals surface area contributed by atoms with Crippen LogP contribution in [0.5, 0.6) is 0 Å². The zero-order valence-corrected chi connectivity index (χ0v) is 8.46. The van der Waals surface area contributed by atoms with Crippen molar-refractivity contribution in [2.45, 2.75) is 18.9 Å². The minimum absolute atomic E-state index is 0.332. The van der Waals surface area contributed by atoms with Gasteiger partial charge in [-0.05, 0) is 19.4 Å². The van der Waals surface area contributed by atoms with Gasteiger partial charge in [-0.2, -0.15) is 12.8 Å². The van der Waals surface area contributed by atoms with Crippen LogP contribution in [0.25, 0.3) is 0 Å². The highest BCUT2D eigenvalue weighted by Crippen LogP contribution is 2.12. The van der Waals surface area contributed by atoms with Gasteiger partial charge in [0.05, 0.1) is 11.6 Å². The van der Waals surface area contributed by atoms with Crippen LogP contribution >= 0.6 is 0 Å². The van der Waals surface area contributed by atoms with Gasteiger partial charge in [-0.1, -0.05) is 0 Å². The standard InChI is InChI=1S/C8H12N2O3S/c11-14(12)6-8(4-10-14)13-5-7-2-1-3-9-7/h4,6-7,9H,1-3,5H2. The van der Waals surface area contributed by atoms with E-state index in [2.05, 4.69) is 9.71 Å². The molecule has 78 valence electrons. The summed E-state index contributed by atoms with van der Waals surface area (Å²) >= 11 is 0. The highest BCUT2D eigenvalue weighted by Gasteiger charge is 2.17. The van der Waals surface area contributed by atoms with Gasteiger partial charge in [0.2, 0.25) is 0 Å². The molecule has 14 heavy (non-hydrogen) atoms. The molecular formula is C8H12N2O3S. The molecule has 0 aromatic heterocycles. The van der Waals surface area contributed by atoms with E-state index in [0.717, 1.165) is 24.8 Å². The Balaban J connectivity index is 1.85. The average Bonchev–Trinajstić information content (AvgIpc) is 2.70. The normalized spacial score (nSPS) is 29.1. The summed E-state index contributed by atoms with van der Waals surface area (Å²) in [5.41, 5.74) is 0. The first kappa shape index (κ1) is 9.67. The van der Waals surface area contributed by atoms with Crippen molar-refractivity contribution < 1.29 is 13.2 Å². The van der Waals surface area contributed by atoms with Gasteiger partial charge in [0.15, 0.2) is 5.76 Å². The molecule has 0 saturated carbocycles. The molecule has 0 bridgehead atoms. The maximum absolute atomic E-state index is 10.9. The fraction of sp³-hybridized carbons (Fsp3) is 0.625. The zero-order valence-electron chi connectivity index (χ0n) is 7.64. The summed E-state index contributed by atoms with van der Waals surface area (Å²) in [4.78, 5) is 0. The number of hydrogen-bond acceptors (Lipinski definition) is 4. The van der Waals surface area contributed by atoms with E-state index in [-0.39, 0.29) is 0 Å². The number of sulfonamides is 1. The third-order valence-corrected chi connectivity index (χ3v) is 3.13. The number of nitrogens with zero attached hydrogens (tertiary/aromatic N) is 1. The second-order valence-electron chi connectivity index (χ2n) is 3.37. The van der Waals surface area contributed by atoms with Gasteiger partial charge in [0, 0.05) is 6.04 Å². The Morgan fingerprint density at radius 3 is 3.07 bits per heavy atom. The lowest BCUT2D eigenvalue weighted by molar-refractivity contribution is 0.205. The molecule has 2 aliphatic heterocycles. The van der Waals surface area contributed by atoms with E-state index >= 15 is 0 Å². The van der Waals surface area contributed by atoms with Gasteiger partial charge < -0.3 is 10.1 Å². The highest BCUT2D eigenvalue weighted by molar-refractivity contribution is 7.93. The fourth-order valence-corrected chi connectivity index (χ4v) is 2.23. The molecule has 1 saturated heterocycles. The minimum atomic E-state index is -3.38. The van der Waals surface area contributed by atoms with E-state index in [9.17, 15) is 8.42 Å². The molecule has 2 heterocycles. The molecule has 0 aromatic carbocycles. The number of allylic oxidation sites excluding steroid dienone is 1. The van der Waals surface area contributed by atoms with E-state index in [0.29, 0.717) is 18.4 Å². The van der Waals surface area contributed by atoms with Crippen molar-refractivity contribution >= 4 is 16.2 Å². The molecule has 0 spiro atoms. The number of ether oxygens (including phenoxy) is 1. The summed E-state index contributed by atoms with van der Waals surface area (Å²) in [6.45, 7) is 1.52. The summed E-state index contributed by atoms with van der Waals surface area (Å²) in [6, 6.07) is 0.340. The first-order valence-electron chi connectivity index (χ1n) is 4.54. The summed E-state index contributed by atoms with van der Waals surface area (Å²) in [7, 11) is -3.38. The Morgan fingerprint density at radius 2 is 2.50 bits per heavy atom. The summed E-state index contributed by atoms with van der Waals surface area (Å²) in [5.74, 6) is 0.332. The molecule has 2 aliphatic rings. The van der Waals surface area contributed by atoms with Crippen LogP contribution in [-0.4, -0.2) is 33.8 Å². The summed E-state index contributed by atoms with van der Waals surface area (Å²) in [5, 5.41) is 4.30. The number of hydrogen-bond donors (Lipinski definition) is 1. The molecule has 0 aliphatic carbocycles. The van der Waals surface area contributed by atoms with E-state index in [4.69, 9.17) is 4.74 Å². The van der Waals surface area contributed by atoms with Crippen molar-refractivity contribution in [3.63, 3.8) is 0 Å². The smallest absolute Gasteiger partial charge is 0.279 e. The predicted molar refractivity (Wildman–Crippen MR) is 52.5 cm³/mol. The monoisotopic (exact) mass is 216 g/mol. The molecule has 0 amide bonds. The van der Waals surface area contributed by atoms with Crippen molar-refractivity contribution in [3.8, 4) is 0 Å². The van der Waals surface area contributed by atoms with Crippen molar-refractivity contribution in [1.29, 1.82) is 0 Å². The van der Waals surface area contributed by atoms with Crippen LogP contribution in [0.2, 0.25) is 0 Å². The number of nitrogens with one attached hydrogen (secondary N) is 1. The van der Waals surface area contributed by atoms with Gasteiger partial charge in [0.25, 0.3) is 10.0 Å². The third-order valence-electron chi connectivity index (χ3n) is 2.21. The lowest BCUT2D eigenvalue weighted by atomic mass is 10.2. The van der Waals surface area contributed by atoms with Crippen molar-refractivity contribution in [2.75, 3.05) is 13.2 Å². The van der Waals surface area contributed by atoms with Crippen LogP contribution in [0, 0.1) is 0 Å². The molecule has 1 N–H and O–H groups in total. The molecule has 1 unspecified atom stereocenters. The Kier molecular flexibility index (Phi) is 2.56. The second kappa shape index (κ2) is 3.70. The van der Waals surface area contributed by atoms with Crippen LogP contribution in [0.1, 0.15) is 12.8 Å². The fourth-order valence-electron chi connectivity index (χ4n) is 1.50. The SMILES string of the molecule is O=S1(=O)C=C(OCC2CCCN2)C=N1. The maximum Gasteiger partial charge on any atom is 0.279 e. The first-order chi connectivity index (χ1) is 6.66. The topological polar surface area (TPSA) is 67.8 Å². The van der Waals surface area contributed by atoms with Crippen molar-refractivity contribution in [2.24, 2.45) is 4.40 Å². The van der Waals surface area contributed by atoms with Gasteiger partial charge >= 0.3 is 0 Å². The average molecular weight is 216 g/mol. The molecule has 6 heteroatoms. The Labute approximate surface area is 82.9 Å². The Hall–Kier alpha value is -0.880. The van der Waals surface area contributed by atoms with Gasteiger partial charge in [-0.3, -0.25) is 0 Å². The lowest BCUT2D eigenvalue weighted by Gasteiger charge is -2.10. The predicted octanol–water partition coefficient (Wildman–Crippen LogP) is 0.0106. The van der Waals surface area contributed by atoms with Crippen LogP contribution in [0.4, 0.5) is 0 Å². The molecule has 2 rings (SSSR count). The molecule has 1 atom stereocenters. The Morgan fingerprint density at radius 1 is 1.64 bits per heavy atom. The van der Waals surface area contributed by atoms with Gasteiger partial charge in [-0.15, -0.1) is 0 Å². The molecule has 1 fully saturated rings. The van der Waals surface area contributed by atoms with E-state index in [1.165, 1.54) is 6.21 Å². The van der Waals surface area contributed by atoms with E-state index in [1.54, 1.807) is 0 Å². The number of rotatable bonds is 3. The minimum Gasteiger partial charge on any atom is -0.490 e. The van der Waals surface area contributed by atoms with Crippen LogP contribution < -0.4 is 5.32 Å². The van der Waals surface area contributed by atoms with Gasteiger partial charge in [-0.25, -0.2) is 0 Å². The highest BCUT2D eigenvalue weighted by atomic mass is 32.2. The zero-order chi connectivity index (χ0) is 10.0.